The van der Waals surface area contributed by atoms with Crippen molar-refractivity contribution in [1.29, 1.82) is 0 Å². The van der Waals surface area contributed by atoms with Gasteiger partial charge in [-0.05, 0) is 24.3 Å². The van der Waals surface area contributed by atoms with Gasteiger partial charge in [0.25, 0.3) is 0 Å². The number of primary sulfonamides is 1. The molecule has 0 aliphatic heterocycles. The molecular weight excluding hydrogens is 309 g/mol. The molecule has 0 aliphatic rings. The molecule has 9 heteroatoms. The molecule has 2 aromatic rings. The monoisotopic (exact) mass is 318 g/mol. The van der Waals surface area contributed by atoms with Crippen molar-refractivity contribution in [2.75, 3.05) is 0 Å². The number of rotatable bonds is 3. The van der Waals surface area contributed by atoms with E-state index in [0.29, 0.717) is 0 Å². The van der Waals surface area contributed by atoms with Gasteiger partial charge in [-0.3, -0.25) is 0 Å². The number of benzene rings is 1. The van der Waals surface area contributed by atoms with Crippen molar-refractivity contribution in [2.45, 2.75) is 11.1 Å². The van der Waals surface area contributed by atoms with Gasteiger partial charge in [0.2, 0.25) is 10.0 Å². The number of alkyl halides is 3. The van der Waals surface area contributed by atoms with Crippen molar-refractivity contribution in [3.05, 3.63) is 48.3 Å². The van der Waals surface area contributed by atoms with Crippen molar-refractivity contribution in [1.82, 2.24) is 4.98 Å². The molecule has 0 radical (unpaired) electrons. The molecule has 1 aromatic carbocycles. The lowest BCUT2D eigenvalue weighted by Gasteiger charge is -2.10. The fraction of sp³-hybridized carbons (Fsp3) is 0.0833. The van der Waals surface area contributed by atoms with Crippen molar-refractivity contribution < 1.29 is 26.3 Å². The Bertz CT molecular complexity index is 743. The van der Waals surface area contributed by atoms with E-state index in [1.54, 1.807) is 0 Å². The van der Waals surface area contributed by atoms with Crippen LogP contribution in [0.15, 0.2) is 47.5 Å². The van der Waals surface area contributed by atoms with Gasteiger partial charge >= 0.3 is 6.18 Å². The number of nitrogens with two attached hydrogens (primary N) is 1. The molecule has 0 bridgehead atoms. The molecule has 0 unspecified atom stereocenters. The molecule has 0 fully saturated rings. The van der Waals surface area contributed by atoms with Crippen LogP contribution in [0, 0.1) is 0 Å². The third kappa shape index (κ3) is 3.70. The first-order valence-corrected chi connectivity index (χ1v) is 7.05. The molecule has 1 aromatic heterocycles. The van der Waals surface area contributed by atoms with Crippen molar-refractivity contribution in [3.63, 3.8) is 0 Å². The van der Waals surface area contributed by atoms with Crippen LogP contribution in [0.2, 0.25) is 0 Å². The fourth-order valence-corrected chi connectivity index (χ4v) is 2.16. The highest BCUT2D eigenvalue weighted by atomic mass is 32.2. The van der Waals surface area contributed by atoms with Crippen LogP contribution < -0.4 is 9.88 Å². The van der Waals surface area contributed by atoms with Gasteiger partial charge in [0.1, 0.15) is 22.1 Å². The van der Waals surface area contributed by atoms with E-state index in [4.69, 9.17) is 9.88 Å². The lowest BCUT2D eigenvalue weighted by molar-refractivity contribution is -0.141. The number of hydrogen-bond acceptors (Lipinski definition) is 4. The Kier molecular flexibility index (Phi) is 3.88. The molecule has 0 saturated carbocycles. The smallest absolute Gasteiger partial charge is 0.433 e. The second-order valence-corrected chi connectivity index (χ2v) is 5.50. The third-order valence-corrected chi connectivity index (χ3v) is 3.36. The molecule has 2 rings (SSSR count). The van der Waals surface area contributed by atoms with Gasteiger partial charge in [-0.1, -0.05) is 12.1 Å². The van der Waals surface area contributed by atoms with E-state index in [1.807, 2.05) is 0 Å². The van der Waals surface area contributed by atoms with E-state index >= 15 is 0 Å². The number of pyridine rings is 1. The van der Waals surface area contributed by atoms with Gasteiger partial charge in [-0.15, -0.1) is 0 Å². The highest BCUT2D eigenvalue weighted by Gasteiger charge is 2.32. The summed E-state index contributed by atoms with van der Waals surface area (Å²) in [5.41, 5.74) is -1.07. The lowest BCUT2D eigenvalue weighted by atomic mass is 10.3. The van der Waals surface area contributed by atoms with Crippen LogP contribution in [0.3, 0.4) is 0 Å². The summed E-state index contributed by atoms with van der Waals surface area (Å²) in [6.45, 7) is 0. The first-order chi connectivity index (χ1) is 9.68. The molecule has 2 N–H and O–H groups in total. The van der Waals surface area contributed by atoms with E-state index in [2.05, 4.69) is 4.98 Å². The Hall–Kier alpha value is -2.13. The second kappa shape index (κ2) is 5.34. The SMILES string of the molecule is NS(=O)(=O)c1ccccc1Oc1ccc(C(F)(F)F)nc1. The number of halogens is 3. The average molecular weight is 318 g/mol. The molecule has 0 amide bonds. The molecular formula is C12H9F3N2O3S. The van der Waals surface area contributed by atoms with E-state index in [-0.39, 0.29) is 16.4 Å². The minimum atomic E-state index is -4.56. The van der Waals surface area contributed by atoms with E-state index in [9.17, 15) is 21.6 Å². The van der Waals surface area contributed by atoms with Crippen LogP contribution in [0.1, 0.15) is 5.69 Å². The Labute approximate surface area is 118 Å². The van der Waals surface area contributed by atoms with Gasteiger partial charge in [-0.2, -0.15) is 13.2 Å². The summed E-state index contributed by atoms with van der Waals surface area (Å²) in [5.74, 6) is -0.138. The van der Waals surface area contributed by atoms with Crippen molar-refractivity contribution >= 4 is 10.0 Å². The Morgan fingerprint density at radius 3 is 2.29 bits per heavy atom. The van der Waals surface area contributed by atoms with Gasteiger partial charge < -0.3 is 4.74 Å². The molecule has 0 aliphatic carbocycles. The van der Waals surface area contributed by atoms with Crippen molar-refractivity contribution in [3.8, 4) is 11.5 Å². The average Bonchev–Trinajstić information content (AvgIpc) is 2.37. The number of nitrogens with zero attached hydrogens (tertiary/aromatic N) is 1. The zero-order valence-corrected chi connectivity index (χ0v) is 11.1. The summed E-state index contributed by atoms with van der Waals surface area (Å²) < 4.78 is 65.0. The molecule has 21 heavy (non-hydrogen) atoms. The first-order valence-electron chi connectivity index (χ1n) is 5.51. The fourth-order valence-electron chi connectivity index (χ4n) is 1.50. The highest BCUT2D eigenvalue weighted by molar-refractivity contribution is 7.89. The van der Waals surface area contributed by atoms with Gasteiger partial charge in [-0.25, -0.2) is 18.5 Å². The summed E-state index contributed by atoms with van der Waals surface area (Å²) in [5, 5.41) is 5.02. The topological polar surface area (TPSA) is 82.3 Å². The minimum Gasteiger partial charge on any atom is -0.454 e. The molecule has 5 nitrogen and oxygen atoms in total. The van der Waals surface area contributed by atoms with Crippen LogP contribution in [-0.2, 0) is 16.2 Å². The minimum absolute atomic E-state index is 0.0425. The lowest BCUT2D eigenvalue weighted by Crippen LogP contribution is -2.13. The van der Waals surface area contributed by atoms with Gasteiger partial charge in [0.15, 0.2) is 0 Å². The number of hydrogen-bond donors (Lipinski definition) is 1. The number of sulfonamides is 1. The van der Waals surface area contributed by atoms with Crippen LogP contribution in [-0.4, -0.2) is 13.4 Å². The van der Waals surface area contributed by atoms with Crippen LogP contribution >= 0.6 is 0 Å². The predicted octanol–water partition coefficient (Wildman–Crippen LogP) is 2.54. The Morgan fingerprint density at radius 2 is 1.76 bits per heavy atom. The number of aromatic nitrogens is 1. The first kappa shape index (κ1) is 15.3. The zero-order valence-electron chi connectivity index (χ0n) is 10.3. The third-order valence-electron chi connectivity index (χ3n) is 2.41. The Balaban J connectivity index is 2.32. The normalized spacial score (nSPS) is 12.2. The van der Waals surface area contributed by atoms with Crippen LogP contribution in [0.5, 0.6) is 11.5 Å². The summed E-state index contributed by atoms with van der Waals surface area (Å²) in [6.07, 6.45) is -3.71. The molecule has 0 atom stereocenters. The standard InChI is InChI=1S/C12H9F3N2O3S/c13-12(14,15)11-6-5-8(7-17-11)20-9-3-1-2-4-10(9)21(16,18)19/h1-7H,(H2,16,18,19). The van der Waals surface area contributed by atoms with Crippen LogP contribution in [0.4, 0.5) is 13.2 Å². The highest BCUT2D eigenvalue weighted by Crippen LogP contribution is 2.31. The van der Waals surface area contributed by atoms with E-state index < -0.39 is 21.9 Å². The summed E-state index contributed by atoms with van der Waals surface area (Å²) in [7, 11) is -4.01. The van der Waals surface area contributed by atoms with Crippen LogP contribution in [0.25, 0.3) is 0 Å². The maximum Gasteiger partial charge on any atom is 0.433 e. The maximum atomic E-state index is 12.4. The largest absolute Gasteiger partial charge is 0.454 e. The molecule has 0 saturated heterocycles. The predicted molar refractivity (Wildman–Crippen MR) is 67.1 cm³/mol. The maximum absolute atomic E-state index is 12.4. The summed E-state index contributed by atoms with van der Waals surface area (Å²) >= 11 is 0. The molecule has 0 spiro atoms. The zero-order chi connectivity index (χ0) is 15.7. The van der Waals surface area contributed by atoms with Gasteiger partial charge in [0, 0.05) is 0 Å². The second-order valence-electron chi connectivity index (χ2n) is 3.97. The van der Waals surface area contributed by atoms with Crippen molar-refractivity contribution in [2.24, 2.45) is 5.14 Å². The van der Waals surface area contributed by atoms with E-state index in [1.165, 1.54) is 24.3 Å². The Morgan fingerprint density at radius 1 is 1.10 bits per heavy atom. The number of ether oxygens (including phenoxy) is 1. The summed E-state index contributed by atoms with van der Waals surface area (Å²) in [4.78, 5) is 2.93. The molecule has 112 valence electrons. The quantitative estimate of drug-likeness (QED) is 0.943. The van der Waals surface area contributed by atoms with Gasteiger partial charge in [0.05, 0.1) is 6.20 Å². The molecule has 1 heterocycles. The van der Waals surface area contributed by atoms with E-state index in [0.717, 1.165) is 18.3 Å². The summed E-state index contributed by atoms with van der Waals surface area (Å²) in [6, 6.07) is 7.27. The number of para-hydroxylation sites is 1.